The second-order valence-electron chi connectivity index (χ2n) is 1.89. The summed E-state index contributed by atoms with van der Waals surface area (Å²) >= 11 is 0. The average Bonchev–Trinajstić information content (AvgIpc) is 2.59. The number of H-pyrrole nitrogens is 1. The van der Waals surface area contributed by atoms with Gasteiger partial charge in [0.2, 0.25) is 0 Å². The maximum Gasteiger partial charge on any atom is 0.136 e. The third-order valence-electron chi connectivity index (χ3n) is 1.26. The molecule has 2 aromatic heterocycles. The van der Waals surface area contributed by atoms with E-state index in [2.05, 4.69) is 19.9 Å². The van der Waals surface area contributed by atoms with Gasteiger partial charge in [-0.1, -0.05) is 5.16 Å². The zero-order valence-electron chi connectivity index (χ0n) is 5.11. The topological polar surface area (TPSA) is 54.7 Å². The molecule has 50 valence electrons. The monoisotopic (exact) mass is 135 g/mol. The molecule has 2 rings (SSSR count). The van der Waals surface area contributed by atoms with Crippen molar-refractivity contribution in [1.29, 1.82) is 0 Å². The molecule has 0 aromatic carbocycles. The first-order valence-corrected chi connectivity index (χ1v) is 2.87. The zero-order chi connectivity index (χ0) is 6.81. The first kappa shape index (κ1) is 5.22. The number of aromatic amines is 1. The van der Waals surface area contributed by atoms with E-state index >= 15 is 0 Å². The molecule has 0 atom stereocenters. The van der Waals surface area contributed by atoms with Crippen molar-refractivity contribution in [1.82, 2.24) is 15.3 Å². The van der Waals surface area contributed by atoms with Gasteiger partial charge in [0.1, 0.15) is 5.69 Å². The predicted molar refractivity (Wildman–Crippen MR) is 34.1 cm³/mol. The molecular weight excluding hydrogens is 130 g/mol. The number of aromatic nitrogens is 3. The van der Waals surface area contributed by atoms with Crippen LogP contribution in [0.25, 0.3) is 11.3 Å². The highest BCUT2D eigenvalue weighted by Crippen LogP contribution is 2.12. The van der Waals surface area contributed by atoms with Gasteiger partial charge in [-0.2, -0.15) is 0 Å². The van der Waals surface area contributed by atoms with Crippen LogP contribution in [0.1, 0.15) is 0 Å². The van der Waals surface area contributed by atoms with Crippen LogP contribution < -0.4 is 0 Å². The van der Waals surface area contributed by atoms with E-state index in [4.69, 9.17) is 0 Å². The smallest absolute Gasteiger partial charge is 0.136 e. The summed E-state index contributed by atoms with van der Waals surface area (Å²) in [5, 5.41) is 7.13. The summed E-state index contributed by atoms with van der Waals surface area (Å²) < 4.78 is 4.42. The highest BCUT2D eigenvalue weighted by Gasteiger charge is 1.99. The fourth-order valence-electron chi connectivity index (χ4n) is 0.775. The summed E-state index contributed by atoms with van der Waals surface area (Å²) in [6.07, 6.45) is 5.23. The molecule has 4 heteroatoms. The van der Waals surface area contributed by atoms with Crippen molar-refractivity contribution >= 4 is 0 Å². The van der Waals surface area contributed by atoms with Crippen LogP contribution >= 0.6 is 0 Å². The van der Waals surface area contributed by atoms with Crippen LogP contribution in [0.15, 0.2) is 29.3 Å². The SMILES string of the molecule is c1cc(-c2cnon2)c[nH]1. The third-order valence-corrected chi connectivity index (χ3v) is 1.26. The Labute approximate surface area is 56.8 Å². The van der Waals surface area contributed by atoms with Crippen molar-refractivity contribution in [2.45, 2.75) is 0 Å². The molecular formula is C6H5N3O. The highest BCUT2D eigenvalue weighted by atomic mass is 16.6. The summed E-state index contributed by atoms with van der Waals surface area (Å²) in [6.45, 7) is 0. The normalized spacial score (nSPS) is 10.0. The van der Waals surface area contributed by atoms with Crippen LogP contribution in [0.3, 0.4) is 0 Å². The highest BCUT2D eigenvalue weighted by molar-refractivity contribution is 5.55. The fraction of sp³-hybridized carbons (Fsp3) is 0. The molecule has 0 radical (unpaired) electrons. The molecule has 10 heavy (non-hydrogen) atoms. The van der Waals surface area contributed by atoms with E-state index in [-0.39, 0.29) is 0 Å². The van der Waals surface area contributed by atoms with Crippen molar-refractivity contribution in [3.63, 3.8) is 0 Å². The lowest BCUT2D eigenvalue weighted by atomic mass is 10.3. The van der Waals surface area contributed by atoms with Crippen LogP contribution in [-0.4, -0.2) is 15.3 Å². The van der Waals surface area contributed by atoms with E-state index < -0.39 is 0 Å². The van der Waals surface area contributed by atoms with Gasteiger partial charge in [0.05, 0.1) is 6.20 Å². The second kappa shape index (κ2) is 1.98. The molecule has 2 aromatic rings. The van der Waals surface area contributed by atoms with E-state index in [0.717, 1.165) is 11.3 Å². The molecule has 0 aliphatic heterocycles. The number of nitrogens with zero attached hydrogens (tertiary/aromatic N) is 2. The summed E-state index contributed by atoms with van der Waals surface area (Å²) in [5.41, 5.74) is 1.74. The van der Waals surface area contributed by atoms with Gasteiger partial charge in [-0.25, -0.2) is 4.63 Å². The van der Waals surface area contributed by atoms with Gasteiger partial charge >= 0.3 is 0 Å². The fourth-order valence-corrected chi connectivity index (χ4v) is 0.775. The van der Waals surface area contributed by atoms with Crippen molar-refractivity contribution in [3.05, 3.63) is 24.7 Å². The number of nitrogens with one attached hydrogen (secondary N) is 1. The lowest BCUT2D eigenvalue weighted by molar-refractivity contribution is 0.308. The van der Waals surface area contributed by atoms with Gasteiger partial charge in [0.15, 0.2) is 0 Å². The molecule has 0 bridgehead atoms. The molecule has 4 nitrogen and oxygen atoms in total. The number of rotatable bonds is 1. The summed E-state index contributed by atoms with van der Waals surface area (Å²) in [4.78, 5) is 2.91. The predicted octanol–water partition coefficient (Wildman–Crippen LogP) is 1.06. The van der Waals surface area contributed by atoms with Gasteiger partial charge in [-0.3, -0.25) is 0 Å². The molecule has 0 spiro atoms. The molecule has 1 N–H and O–H groups in total. The number of hydrogen-bond donors (Lipinski definition) is 1. The average molecular weight is 135 g/mol. The van der Waals surface area contributed by atoms with Crippen LogP contribution in [0.2, 0.25) is 0 Å². The molecule has 0 saturated heterocycles. The van der Waals surface area contributed by atoms with E-state index in [0.29, 0.717) is 0 Å². The Morgan fingerprint density at radius 2 is 2.50 bits per heavy atom. The molecule has 0 saturated carbocycles. The van der Waals surface area contributed by atoms with Crippen LogP contribution in [0.5, 0.6) is 0 Å². The Morgan fingerprint density at radius 1 is 1.50 bits per heavy atom. The lowest BCUT2D eigenvalue weighted by Gasteiger charge is -1.80. The Balaban J connectivity index is 2.48. The summed E-state index contributed by atoms with van der Waals surface area (Å²) in [6, 6.07) is 1.90. The molecule has 0 fully saturated rings. The minimum Gasteiger partial charge on any atom is -0.367 e. The van der Waals surface area contributed by atoms with Gasteiger partial charge in [-0.05, 0) is 11.2 Å². The largest absolute Gasteiger partial charge is 0.367 e. The minimum absolute atomic E-state index is 0.751. The molecule has 0 unspecified atom stereocenters. The first-order chi connectivity index (χ1) is 4.97. The van der Waals surface area contributed by atoms with E-state index in [1.165, 1.54) is 0 Å². The second-order valence-corrected chi connectivity index (χ2v) is 1.89. The third kappa shape index (κ3) is 0.699. The molecule has 0 aliphatic carbocycles. The Morgan fingerprint density at radius 3 is 3.10 bits per heavy atom. The molecule has 0 aliphatic rings. The zero-order valence-corrected chi connectivity index (χ0v) is 5.11. The Hall–Kier alpha value is -1.58. The van der Waals surface area contributed by atoms with Crippen molar-refractivity contribution in [3.8, 4) is 11.3 Å². The van der Waals surface area contributed by atoms with Crippen molar-refractivity contribution < 1.29 is 4.63 Å². The van der Waals surface area contributed by atoms with Gasteiger partial charge in [0.25, 0.3) is 0 Å². The van der Waals surface area contributed by atoms with E-state index in [1.54, 1.807) is 6.20 Å². The van der Waals surface area contributed by atoms with Crippen LogP contribution in [0.4, 0.5) is 0 Å². The van der Waals surface area contributed by atoms with E-state index in [1.807, 2.05) is 18.5 Å². The van der Waals surface area contributed by atoms with Gasteiger partial charge in [-0.15, -0.1) is 0 Å². The molecule has 2 heterocycles. The van der Waals surface area contributed by atoms with Crippen LogP contribution in [-0.2, 0) is 0 Å². The van der Waals surface area contributed by atoms with Gasteiger partial charge < -0.3 is 4.98 Å². The summed E-state index contributed by atoms with van der Waals surface area (Å²) in [7, 11) is 0. The van der Waals surface area contributed by atoms with Gasteiger partial charge in [0, 0.05) is 18.0 Å². The number of hydrogen-bond acceptors (Lipinski definition) is 3. The Bertz CT molecular complexity index is 252. The van der Waals surface area contributed by atoms with Crippen LogP contribution in [0, 0.1) is 0 Å². The first-order valence-electron chi connectivity index (χ1n) is 2.87. The lowest BCUT2D eigenvalue weighted by Crippen LogP contribution is -1.68. The Kier molecular flexibility index (Phi) is 1.04. The standard InChI is InChI=1S/C6H5N3O/c1-2-7-3-5(1)6-4-8-10-9-6/h1-4,7H. The molecule has 0 amide bonds. The quantitative estimate of drug-likeness (QED) is 0.636. The maximum atomic E-state index is 4.42. The maximum absolute atomic E-state index is 4.42. The minimum atomic E-state index is 0.751. The summed E-state index contributed by atoms with van der Waals surface area (Å²) in [5.74, 6) is 0. The van der Waals surface area contributed by atoms with Crippen molar-refractivity contribution in [2.24, 2.45) is 0 Å². The van der Waals surface area contributed by atoms with Crippen molar-refractivity contribution in [2.75, 3.05) is 0 Å². The van der Waals surface area contributed by atoms with E-state index in [9.17, 15) is 0 Å².